The van der Waals surface area contributed by atoms with Crippen molar-refractivity contribution < 1.29 is 9.53 Å². The average molecular weight is 483 g/mol. The lowest BCUT2D eigenvalue weighted by Gasteiger charge is -2.08. The van der Waals surface area contributed by atoms with E-state index in [4.69, 9.17) is 4.74 Å². The Hall–Kier alpha value is -3.95. The third kappa shape index (κ3) is 4.31. The highest BCUT2D eigenvalue weighted by atomic mass is 32.1. The van der Waals surface area contributed by atoms with E-state index in [1.807, 2.05) is 48.7 Å². The molecule has 1 aromatic carbocycles. The van der Waals surface area contributed by atoms with Crippen molar-refractivity contribution in [3.05, 3.63) is 71.1 Å². The van der Waals surface area contributed by atoms with Crippen LogP contribution in [0.25, 0.3) is 44.8 Å². The number of aromatic nitrogens is 5. The fourth-order valence-corrected chi connectivity index (χ4v) is 4.95. The van der Waals surface area contributed by atoms with Crippen LogP contribution in [0.15, 0.2) is 60.4 Å². The van der Waals surface area contributed by atoms with Gasteiger partial charge < -0.3 is 15.0 Å². The monoisotopic (exact) mass is 482 g/mol. The molecule has 0 unspecified atom stereocenters. The summed E-state index contributed by atoms with van der Waals surface area (Å²) < 4.78 is 5.54. The number of imidazole rings is 1. The number of H-pyrrole nitrogens is 1. The van der Waals surface area contributed by atoms with Crippen LogP contribution in [0.1, 0.15) is 21.9 Å². The average Bonchev–Trinajstić information content (AvgIpc) is 3.65. The van der Waals surface area contributed by atoms with E-state index in [0.717, 1.165) is 57.8 Å². The van der Waals surface area contributed by atoms with Crippen LogP contribution in [-0.4, -0.2) is 50.1 Å². The van der Waals surface area contributed by atoms with Gasteiger partial charge in [-0.2, -0.15) is 0 Å². The van der Waals surface area contributed by atoms with Gasteiger partial charge in [0.25, 0.3) is 0 Å². The summed E-state index contributed by atoms with van der Waals surface area (Å²) in [6.07, 6.45) is 4.21. The minimum Gasteiger partial charge on any atom is -0.456 e. The second kappa shape index (κ2) is 9.01. The minimum absolute atomic E-state index is 0.0856. The van der Waals surface area contributed by atoms with E-state index >= 15 is 0 Å². The number of benzene rings is 1. The summed E-state index contributed by atoms with van der Waals surface area (Å²) in [4.78, 5) is 34.0. The van der Waals surface area contributed by atoms with Gasteiger partial charge in [0.05, 0.1) is 34.6 Å². The Morgan fingerprint density at radius 1 is 1.09 bits per heavy atom. The Bertz CT molecular complexity index is 1540. The highest BCUT2D eigenvalue weighted by Crippen LogP contribution is 2.31. The molecule has 0 spiro atoms. The van der Waals surface area contributed by atoms with Crippen molar-refractivity contribution in [3.63, 3.8) is 0 Å². The van der Waals surface area contributed by atoms with Crippen LogP contribution in [0.5, 0.6) is 0 Å². The van der Waals surface area contributed by atoms with Crippen molar-refractivity contribution in [2.75, 3.05) is 13.1 Å². The molecule has 1 atom stereocenters. The Labute approximate surface area is 205 Å². The topological polar surface area (TPSA) is 106 Å². The summed E-state index contributed by atoms with van der Waals surface area (Å²) in [5.74, 6) is -0.373. The molecule has 5 heterocycles. The van der Waals surface area contributed by atoms with Gasteiger partial charge in [-0.1, -0.05) is 12.1 Å². The predicted octanol–water partition coefficient (Wildman–Crippen LogP) is 4.64. The second-order valence-electron chi connectivity index (χ2n) is 8.48. The van der Waals surface area contributed by atoms with E-state index in [-0.39, 0.29) is 12.1 Å². The zero-order chi connectivity index (χ0) is 23.8. The maximum atomic E-state index is 12.5. The molecule has 0 amide bonds. The summed E-state index contributed by atoms with van der Waals surface area (Å²) in [5, 5.41) is 6.37. The van der Waals surface area contributed by atoms with Gasteiger partial charge in [0.15, 0.2) is 0 Å². The van der Waals surface area contributed by atoms with Crippen LogP contribution < -0.4 is 5.32 Å². The molecule has 0 radical (unpaired) electrons. The maximum Gasteiger partial charge on any atom is 0.367 e. The normalized spacial score (nSPS) is 15.5. The summed E-state index contributed by atoms with van der Waals surface area (Å²) in [6, 6.07) is 14.0. The van der Waals surface area contributed by atoms with E-state index in [9.17, 15) is 4.79 Å². The lowest BCUT2D eigenvalue weighted by atomic mass is 10.0. The molecule has 0 aliphatic carbocycles. The van der Waals surface area contributed by atoms with Crippen molar-refractivity contribution in [1.29, 1.82) is 0 Å². The number of nitrogens with one attached hydrogen (secondary N) is 2. The molecular weight excluding hydrogens is 460 g/mol. The molecule has 6 rings (SSSR count). The van der Waals surface area contributed by atoms with Crippen molar-refractivity contribution in [1.82, 2.24) is 30.2 Å². The first-order valence-corrected chi connectivity index (χ1v) is 12.3. The number of ether oxygens (including phenoxy) is 1. The molecule has 0 bridgehead atoms. The van der Waals surface area contributed by atoms with Gasteiger partial charge in [-0.05, 0) is 50.2 Å². The number of hydrogen-bond acceptors (Lipinski definition) is 8. The van der Waals surface area contributed by atoms with E-state index in [0.29, 0.717) is 17.2 Å². The summed E-state index contributed by atoms with van der Waals surface area (Å²) >= 11 is 1.29. The highest BCUT2D eigenvalue weighted by molar-refractivity contribution is 7.11. The van der Waals surface area contributed by atoms with Crippen molar-refractivity contribution in [3.8, 4) is 33.9 Å². The maximum absolute atomic E-state index is 12.5. The lowest BCUT2D eigenvalue weighted by molar-refractivity contribution is 0.0344. The molecule has 1 saturated heterocycles. The van der Waals surface area contributed by atoms with Crippen LogP contribution >= 0.6 is 11.3 Å². The van der Waals surface area contributed by atoms with E-state index in [2.05, 4.69) is 36.3 Å². The van der Waals surface area contributed by atoms with Crippen LogP contribution in [0, 0.1) is 6.92 Å². The molecule has 0 saturated carbocycles. The molecule has 1 aliphatic rings. The standard InChI is InChI=1S/C26H22N6O2S/c1-15-3-2-4-21(31-15)24-23(29-14-30-24)16-5-6-20-17(9-16)10-18(11-28-20)22-13-35-25(32-22)26(33)34-19-7-8-27-12-19/h2-6,9-11,13-14,19,27H,7-8,12H2,1H3,(H,29,30)/t19-/m1/s1. The van der Waals surface area contributed by atoms with Crippen molar-refractivity contribution in [2.24, 2.45) is 0 Å². The van der Waals surface area contributed by atoms with Gasteiger partial charge >= 0.3 is 5.97 Å². The van der Waals surface area contributed by atoms with Gasteiger partial charge in [0, 0.05) is 40.3 Å². The molecule has 9 heteroatoms. The Balaban J connectivity index is 1.31. The summed E-state index contributed by atoms with van der Waals surface area (Å²) in [6.45, 7) is 3.53. The number of nitrogens with zero attached hydrogens (tertiary/aromatic N) is 4. The summed E-state index contributed by atoms with van der Waals surface area (Å²) in [7, 11) is 0. The van der Waals surface area contributed by atoms with E-state index < -0.39 is 0 Å². The molecule has 8 nitrogen and oxygen atoms in total. The van der Waals surface area contributed by atoms with Gasteiger partial charge in [-0.15, -0.1) is 11.3 Å². The van der Waals surface area contributed by atoms with Crippen LogP contribution in [0.4, 0.5) is 0 Å². The molecule has 5 aromatic rings. The Morgan fingerprint density at radius 2 is 2.00 bits per heavy atom. The van der Waals surface area contributed by atoms with Crippen molar-refractivity contribution >= 4 is 28.2 Å². The zero-order valence-corrected chi connectivity index (χ0v) is 19.8. The van der Waals surface area contributed by atoms with Gasteiger partial charge in [-0.25, -0.2) is 14.8 Å². The summed E-state index contributed by atoms with van der Waals surface area (Å²) in [5.41, 5.74) is 6.87. The van der Waals surface area contributed by atoms with E-state index in [1.54, 1.807) is 12.5 Å². The lowest BCUT2D eigenvalue weighted by Crippen LogP contribution is -2.20. The quantitative estimate of drug-likeness (QED) is 0.352. The number of pyridine rings is 2. The fraction of sp³-hybridized carbons (Fsp3) is 0.192. The number of thiazole rings is 1. The fourth-order valence-electron chi connectivity index (χ4n) is 4.24. The minimum atomic E-state index is -0.373. The van der Waals surface area contributed by atoms with Crippen molar-refractivity contribution in [2.45, 2.75) is 19.4 Å². The number of fused-ring (bicyclic) bond motifs is 1. The van der Waals surface area contributed by atoms with E-state index in [1.165, 1.54) is 11.3 Å². The Kier molecular flexibility index (Phi) is 5.55. The number of esters is 1. The molecule has 35 heavy (non-hydrogen) atoms. The number of hydrogen-bond donors (Lipinski definition) is 2. The third-order valence-electron chi connectivity index (χ3n) is 6.00. The molecule has 2 N–H and O–H groups in total. The van der Waals surface area contributed by atoms with Gasteiger partial charge in [0.1, 0.15) is 6.10 Å². The highest BCUT2D eigenvalue weighted by Gasteiger charge is 2.22. The third-order valence-corrected chi connectivity index (χ3v) is 6.82. The van der Waals surface area contributed by atoms with Crippen LogP contribution in [0.2, 0.25) is 0 Å². The number of aromatic amines is 1. The first kappa shape index (κ1) is 21.6. The van der Waals surface area contributed by atoms with Gasteiger partial charge in [0.2, 0.25) is 5.01 Å². The number of carbonyl (C=O) groups is 1. The van der Waals surface area contributed by atoms with Crippen LogP contribution in [0.3, 0.4) is 0 Å². The molecule has 174 valence electrons. The molecular formula is C26H22N6O2S. The van der Waals surface area contributed by atoms with Crippen LogP contribution in [-0.2, 0) is 4.74 Å². The predicted molar refractivity (Wildman–Crippen MR) is 135 cm³/mol. The molecule has 1 fully saturated rings. The Morgan fingerprint density at radius 3 is 2.86 bits per heavy atom. The largest absolute Gasteiger partial charge is 0.456 e. The number of rotatable bonds is 5. The van der Waals surface area contributed by atoms with Gasteiger partial charge in [-0.3, -0.25) is 9.97 Å². The first-order chi connectivity index (χ1) is 17.1. The molecule has 4 aromatic heterocycles. The first-order valence-electron chi connectivity index (χ1n) is 11.4. The number of carbonyl (C=O) groups excluding carboxylic acids is 1. The zero-order valence-electron chi connectivity index (χ0n) is 19.0. The molecule has 1 aliphatic heterocycles. The SMILES string of the molecule is Cc1cccc(-c2[nH]cnc2-c2ccc3ncc(-c4csc(C(=O)O[C@@H]5CCNC5)n4)cc3c2)n1. The number of aryl methyl sites for hydroxylation is 1. The second-order valence-corrected chi connectivity index (χ2v) is 9.34. The smallest absolute Gasteiger partial charge is 0.367 e.